The predicted octanol–water partition coefficient (Wildman–Crippen LogP) is 5.52. The van der Waals surface area contributed by atoms with Crippen molar-refractivity contribution in [1.29, 1.82) is 0 Å². The summed E-state index contributed by atoms with van der Waals surface area (Å²) in [6.45, 7) is 2.07. The summed E-state index contributed by atoms with van der Waals surface area (Å²) in [6.07, 6.45) is 6.18. The van der Waals surface area contributed by atoms with Gasteiger partial charge in [0, 0.05) is 28.8 Å². The summed E-state index contributed by atoms with van der Waals surface area (Å²) in [7, 11) is 1.31. The Balaban J connectivity index is 1.44. The molecule has 1 aliphatic carbocycles. The van der Waals surface area contributed by atoms with E-state index in [0.29, 0.717) is 45.9 Å². The highest BCUT2D eigenvalue weighted by Crippen LogP contribution is 2.43. The summed E-state index contributed by atoms with van der Waals surface area (Å²) in [5.74, 6) is -0.399. The number of nitrogens with zero attached hydrogens (tertiary/aromatic N) is 3. The molecule has 9 nitrogen and oxygen atoms in total. The average Bonchev–Trinajstić information content (AvgIpc) is 3.67. The third-order valence-electron chi connectivity index (χ3n) is 7.08. The molecule has 2 aromatic heterocycles. The van der Waals surface area contributed by atoms with Gasteiger partial charge in [-0.05, 0) is 44.6 Å². The quantitative estimate of drug-likeness (QED) is 0.343. The standard InChI is InChI=1S/C28H28ClFN4O5S/c1-3-38-20(35)13-17-14-39-26(32-17)16-9-7-15(8-10-16)23-21(28(36)37-2)24(18-5-4-6-19(30)22(18)29)34-25(33-23)27-31-11-12-40-27/h4-6,11-12,14-16,24H,3,7-10,13H2,1-2H3,(H,33,34). The van der Waals surface area contributed by atoms with Crippen LogP contribution in [0.25, 0.3) is 0 Å². The van der Waals surface area contributed by atoms with Gasteiger partial charge in [-0.2, -0.15) is 0 Å². The van der Waals surface area contributed by atoms with Crippen molar-refractivity contribution in [3.8, 4) is 0 Å². The van der Waals surface area contributed by atoms with Crippen molar-refractivity contribution in [2.75, 3.05) is 13.7 Å². The number of allylic oxidation sites excluding steroid dienone is 1. The summed E-state index contributed by atoms with van der Waals surface area (Å²) in [4.78, 5) is 38.7. The highest BCUT2D eigenvalue weighted by Gasteiger charge is 2.38. The Morgan fingerprint density at radius 2 is 2.00 bits per heavy atom. The average molecular weight is 587 g/mol. The molecule has 1 saturated carbocycles. The van der Waals surface area contributed by atoms with E-state index >= 15 is 0 Å². The summed E-state index contributed by atoms with van der Waals surface area (Å²) < 4.78 is 30.4. The molecule has 2 aliphatic rings. The number of rotatable bonds is 8. The lowest BCUT2D eigenvalue weighted by Crippen LogP contribution is -2.37. The number of benzene rings is 1. The van der Waals surface area contributed by atoms with Gasteiger partial charge in [-0.25, -0.2) is 19.2 Å². The molecular weight excluding hydrogens is 559 g/mol. The first-order chi connectivity index (χ1) is 19.4. The number of aliphatic imine (C=N–C) groups is 1. The van der Waals surface area contributed by atoms with Gasteiger partial charge in [0.2, 0.25) is 0 Å². The third-order valence-corrected chi connectivity index (χ3v) is 8.25. The van der Waals surface area contributed by atoms with Crippen molar-refractivity contribution in [3.05, 3.63) is 80.3 Å². The van der Waals surface area contributed by atoms with E-state index in [2.05, 4.69) is 15.3 Å². The van der Waals surface area contributed by atoms with Gasteiger partial charge in [0.15, 0.2) is 16.7 Å². The molecule has 0 spiro atoms. The highest BCUT2D eigenvalue weighted by molar-refractivity contribution is 7.11. The summed E-state index contributed by atoms with van der Waals surface area (Å²) in [6, 6.07) is 3.60. The van der Waals surface area contributed by atoms with Crippen LogP contribution in [0.4, 0.5) is 4.39 Å². The predicted molar refractivity (Wildman–Crippen MR) is 147 cm³/mol. The number of ether oxygens (including phenoxy) is 2. The van der Waals surface area contributed by atoms with Crippen LogP contribution in [0.3, 0.4) is 0 Å². The molecule has 1 fully saturated rings. The molecule has 3 aromatic rings. The van der Waals surface area contributed by atoms with Gasteiger partial charge in [0.25, 0.3) is 0 Å². The highest BCUT2D eigenvalue weighted by atomic mass is 35.5. The van der Waals surface area contributed by atoms with E-state index in [1.165, 1.54) is 30.8 Å². The second-order valence-electron chi connectivity index (χ2n) is 9.51. The van der Waals surface area contributed by atoms with E-state index in [-0.39, 0.29) is 29.2 Å². The van der Waals surface area contributed by atoms with E-state index in [1.54, 1.807) is 25.3 Å². The van der Waals surface area contributed by atoms with E-state index in [0.717, 1.165) is 25.7 Å². The second kappa shape index (κ2) is 12.3. The summed E-state index contributed by atoms with van der Waals surface area (Å²) >= 11 is 7.79. The van der Waals surface area contributed by atoms with Crippen LogP contribution in [0.5, 0.6) is 0 Å². The number of hydrogen-bond acceptors (Lipinski definition) is 10. The monoisotopic (exact) mass is 586 g/mol. The maximum atomic E-state index is 14.5. The Hall–Kier alpha value is -3.57. The normalized spacial score (nSPS) is 21.0. The first kappa shape index (κ1) is 28.0. The van der Waals surface area contributed by atoms with Gasteiger partial charge in [-0.3, -0.25) is 9.79 Å². The first-order valence-electron chi connectivity index (χ1n) is 13.0. The van der Waals surface area contributed by atoms with Crippen molar-refractivity contribution in [3.63, 3.8) is 0 Å². The molecule has 210 valence electrons. The molecule has 1 aliphatic heterocycles. The topological polar surface area (TPSA) is 116 Å². The van der Waals surface area contributed by atoms with Crippen LogP contribution in [0.15, 0.2) is 56.7 Å². The fourth-order valence-corrected chi connectivity index (χ4v) is 6.02. The zero-order valence-electron chi connectivity index (χ0n) is 22.0. The molecule has 5 rings (SSSR count). The van der Waals surface area contributed by atoms with Crippen LogP contribution in [0.2, 0.25) is 5.02 Å². The number of oxazole rings is 1. The van der Waals surface area contributed by atoms with Gasteiger partial charge >= 0.3 is 11.9 Å². The van der Waals surface area contributed by atoms with Crippen LogP contribution in [-0.2, 0) is 25.5 Å². The van der Waals surface area contributed by atoms with E-state index in [9.17, 15) is 14.0 Å². The Labute approximate surface area is 239 Å². The molecule has 1 atom stereocenters. The number of nitrogens with one attached hydrogen (secondary N) is 1. The number of thiazole rings is 1. The molecule has 0 amide bonds. The number of amidine groups is 1. The molecule has 1 N–H and O–H groups in total. The van der Waals surface area contributed by atoms with E-state index in [4.69, 9.17) is 30.5 Å². The number of esters is 2. The third kappa shape index (κ3) is 5.80. The van der Waals surface area contributed by atoms with Gasteiger partial charge < -0.3 is 19.2 Å². The molecule has 0 bridgehead atoms. The van der Waals surface area contributed by atoms with Crippen molar-refractivity contribution < 1.29 is 27.9 Å². The maximum absolute atomic E-state index is 14.5. The molecular formula is C28H28ClFN4O5S. The van der Waals surface area contributed by atoms with Gasteiger partial charge in [0.05, 0.1) is 36.4 Å². The number of carbonyl (C=O) groups excluding carboxylic acids is 2. The molecule has 1 aromatic carbocycles. The zero-order chi connectivity index (χ0) is 28.2. The number of hydrogen-bond donors (Lipinski definition) is 1. The minimum atomic E-state index is -0.874. The number of methoxy groups -OCH3 is 1. The lowest BCUT2D eigenvalue weighted by Gasteiger charge is -2.34. The minimum Gasteiger partial charge on any atom is -0.466 e. The Morgan fingerprint density at radius 1 is 1.23 bits per heavy atom. The first-order valence-corrected chi connectivity index (χ1v) is 14.3. The Morgan fingerprint density at radius 3 is 2.70 bits per heavy atom. The maximum Gasteiger partial charge on any atom is 0.338 e. The van der Waals surface area contributed by atoms with Gasteiger partial charge in [-0.1, -0.05) is 23.7 Å². The zero-order valence-corrected chi connectivity index (χ0v) is 23.6. The molecule has 1 unspecified atom stereocenters. The largest absolute Gasteiger partial charge is 0.466 e. The van der Waals surface area contributed by atoms with Crippen molar-refractivity contribution in [1.82, 2.24) is 15.3 Å². The van der Waals surface area contributed by atoms with Crippen LogP contribution in [0.1, 0.15) is 66.7 Å². The number of aromatic nitrogens is 2. The molecule has 40 heavy (non-hydrogen) atoms. The van der Waals surface area contributed by atoms with Crippen molar-refractivity contribution >= 4 is 40.7 Å². The summed E-state index contributed by atoms with van der Waals surface area (Å²) in [5.41, 5.74) is 1.88. The smallest absolute Gasteiger partial charge is 0.338 e. The van der Waals surface area contributed by atoms with Gasteiger partial charge in [0.1, 0.15) is 18.1 Å². The molecule has 0 radical (unpaired) electrons. The molecule has 0 saturated heterocycles. The number of carbonyl (C=O) groups is 2. The van der Waals surface area contributed by atoms with Crippen LogP contribution < -0.4 is 5.32 Å². The lowest BCUT2D eigenvalue weighted by molar-refractivity contribution is -0.142. The van der Waals surface area contributed by atoms with E-state index in [1.807, 2.05) is 5.38 Å². The molecule has 12 heteroatoms. The van der Waals surface area contributed by atoms with Crippen molar-refractivity contribution in [2.45, 2.75) is 51.0 Å². The van der Waals surface area contributed by atoms with E-state index < -0.39 is 17.8 Å². The Kier molecular flexibility index (Phi) is 8.60. The SMILES string of the molecule is CCOC(=O)Cc1coc(C2CCC(C3=C(C(=O)OC)C(c4cccc(F)c4Cl)N=C(c4nccs4)N3)CC2)n1. The second-order valence-corrected chi connectivity index (χ2v) is 10.8. The fourth-order valence-electron chi connectivity index (χ4n) is 5.21. The number of halogens is 2. The van der Waals surface area contributed by atoms with Gasteiger partial charge in [-0.15, -0.1) is 11.3 Å². The van der Waals surface area contributed by atoms with Crippen molar-refractivity contribution in [2.24, 2.45) is 10.9 Å². The molecule has 3 heterocycles. The van der Waals surface area contributed by atoms with Crippen LogP contribution in [0, 0.1) is 11.7 Å². The van der Waals surface area contributed by atoms with Crippen LogP contribution in [-0.4, -0.2) is 41.5 Å². The lowest BCUT2D eigenvalue weighted by atomic mass is 9.78. The minimum absolute atomic E-state index is 0.0420. The van der Waals surface area contributed by atoms with Crippen LogP contribution >= 0.6 is 22.9 Å². The summed E-state index contributed by atoms with van der Waals surface area (Å²) in [5, 5.41) is 5.75. The Bertz CT molecular complexity index is 1450. The fraction of sp³-hybridized carbons (Fsp3) is 0.393.